The molecular formula is C7H14N2. The molecule has 0 amide bonds. The summed E-state index contributed by atoms with van der Waals surface area (Å²) in [6, 6.07) is 0.385. The Balaban J connectivity index is 3.87. The zero-order chi connectivity index (χ0) is 7.44. The largest absolute Gasteiger partial charge is 0.358 e. The molecule has 2 nitrogen and oxygen atoms in total. The average molecular weight is 126 g/mol. The van der Waals surface area contributed by atoms with Gasteiger partial charge in [-0.15, -0.1) is 0 Å². The predicted molar refractivity (Wildman–Crippen MR) is 40.8 cm³/mol. The van der Waals surface area contributed by atoms with Gasteiger partial charge in [-0.1, -0.05) is 6.58 Å². The molecule has 0 saturated carbocycles. The number of hydrogen-bond donors (Lipinski definition) is 1. The van der Waals surface area contributed by atoms with E-state index in [0.717, 1.165) is 0 Å². The Morgan fingerprint density at radius 1 is 1.67 bits per heavy atom. The maximum Gasteiger partial charge on any atom is 0.119 e. The molecule has 0 rings (SSSR count). The van der Waals surface area contributed by atoms with Gasteiger partial charge in [-0.3, -0.25) is 5.41 Å². The molecule has 52 valence electrons. The van der Waals surface area contributed by atoms with Crippen molar-refractivity contribution >= 4 is 5.84 Å². The Labute approximate surface area is 56.7 Å². The van der Waals surface area contributed by atoms with E-state index in [1.807, 2.05) is 25.8 Å². The van der Waals surface area contributed by atoms with E-state index in [1.165, 1.54) is 0 Å². The Kier molecular flexibility index (Phi) is 2.99. The molecule has 0 aliphatic carbocycles. The van der Waals surface area contributed by atoms with Gasteiger partial charge in [-0.2, -0.15) is 0 Å². The van der Waals surface area contributed by atoms with E-state index in [2.05, 4.69) is 6.58 Å². The van der Waals surface area contributed by atoms with Gasteiger partial charge in [0.2, 0.25) is 0 Å². The van der Waals surface area contributed by atoms with Crippen molar-refractivity contribution < 1.29 is 0 Å². The Morgan fingerprint density at radius 2 is 2.11 bits per heavy atom. The lowest BCUT2D eigenvalue weighted by Gasteiger charge is -2.21. The van der Waals surface area contributed by atoms with Crippen molar-refractivity contribution in [3.8, 4) is 0 Å². The first kappa shape index (κ1) is 8.21. The number of amidine groups is 1. The van der Waals surface area contributed by atoms with Crippen LogP contribution in [0, 0.1) is 5.41 Å². The molecule has 0 unspecified atom stereocenters. The zero-order valence-corrected chi connectivity index (χ0v) is 6.31. The van der Waals surface area contributed by atoms with Gasteiger partial charge >= 0.3 is 0 Å². The summed E-state index contributed by atoms with van der Waals surface area (Å²) in [4.78, 5) is 1.85. The third-order valence-corrected chi connectivity index (χ3v) is 1.35. The topological polar surface area (TPSA) is 27.1 Å². The number of hydrogen-bond acceptors (Lipinski definition) is 1. The summed E-state index contributed by atoms with van der Waals surface area (Å²) in [5.74, 6) is 0.477. The van der Waals surface area contributed by atoms with Crippen LogP contribution in [0.4, 0.5) is 0 Å². The lowest BCUT2D eigenvalue weighted by atomic mass is 10.3. The van der Waals surface area contributed by atoms with Crippen molar-refractivity contribution in [2.45, 2.75) is 19.9 Å². The van der Waals surface area contributed by atoms with Gasteiger partial charge in [0.1, 0.15) is 5.84 Å². The second kappa shape index (κ2) is 3.28. The molecule has 0 atom stereocenters. The first-order valence-electron chi connectivity index (χ1n) is 3.03. The highest BCUT2D eigenvalue weighted by atomic mass is 15.2. The number of nitrogens with zero attached hydrogens (tertiary/aromatic N) is 1. The standard InChI is InChI=1S/C7H14N2/c1-5-7(8)9(4)6(2)3/h5-6,8H,1H2,2-4H3. The highest BCUT2D eigenvalue weighted by molar-refractivity contribution is 5.89. The number of rotatable bonds is 2. The van der Waals surface area contributed by atoms with Gasteiger partial charge in [-0.25, -0.2) is 0 Å². The molecule has 2 heteroatoms. The van der Waals surface area contributed by atoms with E-state index in [4.69, 9.17) is 5.41 Å². The van der Waals surface area contributed by atoms with E-state index in [-0.39, 0.29) is 0 Å². The zero-order valence-electron chi connectivity index (χ0n) is 6.31. The van der Waals surface area contributed by atoms with E-state index in [9.17, 15) is 0 Å². The van der Waals surface area contributed by atoms with Crippen LogP contribution in [-0.2, 0) is 0 Å². The smallest absolute Gasteiger partial charge is 0.119 e. The molecule has 0 aliphatic heterocycles. The molecule has 0 saturated heterocycles. The molecule has 0 fully saturated rings. The lowest BCUT2D eigenvalue weighted by Crippen LogP contribution is -2.30. The summed E-state index contributed by atoms with van der Waals surface area (Å²) in [6.07, 6.45) is 1.54. The fourth-order valence-corrected chi connectivity index (χ4v) is 0.422. The lowest BCUT2D eigenvalue weighted by molar-refractivity contribution is 0.417. The Bertz CT molecular complexity index is 116. The summed E-state index contributed by atoms with van der Waals surface area (Å²) >= 11 is 0. The van der Waals surface area contributed by atoms with Crippen LogP contribution in [0.1, 0.15) is 13.8 Å². The highest BCUT2D eigenvalue weighted by Crippen LogP contribution is 1.93. The molecule has 9 heavy (non-hydrogen) atoms. The molecule has 0 aromatic carbocycles. The summed E-state index contributed by atoms with van der Waals surface area (Å²) in [6.45, 7) is 7.58. The van der Waals surface area contributed by atoms with Crippen molar-refractivity contribution in [1.82, 2.24) is 4.90 Å². The molecule has 0 aromatic rings. The first-order chi connectivity index (χ1) is 4.09. The van der Waals surface area contributed by atoms with Gasteiger partial charge in [-0.05, 0) is 19.9 Å². The first-order valence-corrected chi connectivity index (χ1v) is 3.03. The quantitative estimate of drug-likeness (QED) is 0.440. The molecule has 0 spiro atoms. The van der Waals surface area contributed by atoms with Crippen molar-refractivity contribution in [2.75, 3.05) is 7.05 Å². The number of nitrogens with one attached hydrogen (secondary N) is 1. The summed E-state index contributed by atoms with van der Waals surface area (Å²) in [7, 11) is 1.88. The fourth-order valence-electron chi connectivity index (χ4n) is 0.422. The molecular weight excluding hydrogens is 112 g/mol. The average Bonchev–Trinajstić information content (AvgIpc) is 1.84. The second-order valence-corrected chi connectivity index (χ2v) is 2.29. The van der Waals surface area contributed by atoms with Gasteiger partial charge < -0.3 is 4.90 Å². The second-order valence-electron chi connectivity index (χ2n) is 2.29. The SMILES string of the molecule is C=CC(=N)N(C)C(C)C. The van der Waals surface area contributed by atoms with Gasteiger partial charge in [0.05, 0.1) is 0 Å². The molecule has 0 heterocycles. The maximum atomic E-state index is 7.28. The predicted octanol–water partition coefficient (Wildman–Crippen LogP) is 1.49. The number of likely N-dealkylation sites (N-methyl/N-ethyl adjacent to an activating group) is 1. The third-order valence-electron chi connectivity index (χ3n) is 1.35. The summed E-state index contributed by atoms with van der Waals surface area (Å²) in [5, 5.41) is 7.28. The van der Waals surface area contributed by atoms with Crippen LogP contribution in [0.3, 0.4) is 0 Å². The summed E-state index contributed by atoms with van der Waals surface area (Å²) < 4.78 is 0. The molecule has 0 radical (unpaired) electrons. The van der Waals surface area contributed by atoms with E-state index in [0.29, 0.717) is 11.9 Å². The van der Waals surface area contributed by atoms with E-state index in [1.54, 1.807) is 6.08 Å². The minimum absolute atomic E-state index is 0.385. The van der Waals surface area contributed by atoms with Crippen LogP contribution < -0.4 is 0 Å². The van der Waals surface area contributed by atoms with Gasteiger partial charge in [0.25, 0.3) is 0 Å². The molecule has 0 aliphatic rings. The van der Waals surface area contributed by atoms with Crippen LogP contribution in [-0.4, -0.2) is 23.8 Å². The van der Waals surface area contributed by atoms with E-state index >= 15 is 0 Å². The molecule has 0 aromatic heterocycles. The van der Waals surface area contributed by atoms with E-state index < -0.39 is 0 Å². The van der Waals surface area contributed by atoms with Crippen LogP contribution >= 0.6 is 0 Å². The van der Waals surface area contributed by atoms with Crippen LogP contribution in [0.5, 0.6) is 0 Å². The van der Waals surface area contributed by atoms with Crippen LogP contribution in [0.2, 0.25) is 0 Å². The minimum Gasteiger partial charge on any atom is -0.358 e. The van der Waals surface area contributed by atoms with Gasteiger partial charge in [0, 0.05) is 13.1 Å². The van der Waals surface area contributed by atoms with Crippen molar-refractivity contribution in [3.63, 3.8) is 0 Å². The molecule has 1 N–H and O–H groups in total. The third kappa shape index (κ3) is 2.31. The van der Waals surface area contributed by atoms with Gasteiger partial charge in [0.15, 0.2) is 0 Å². The molecule has 0 bridgehead atoms. The van der Waals surface area contributed by atoms with Crippen molar-refractivity contribution in [1.29, 1.82) is 5.41 Å². The monoisotopic (exact) mass is 126 g/mol. The Hall–Kier alpha value is -0.790. The van der Waals surface area contributed by atoms with Crippen molar-refractivity contribution in [2.24, 2.45) is 0 Å². The fraction of sp³-hybridized carbons (Fsp3) is 0.571. The van der Waals surface area contributed by atoms with Crippen molar-refractivity contribution in [3.05, 3.63) is 12.7 Å². The summed E-state index contributed by atoms with van der Waals surface area (Å²) in [5.41, 5.74) is 0. The Morgan fingerprint density at radius 3 is 2.22 bits per heavy atom. The normalized spacial score (nSPS) is 9.33. The highest BCUT2D eigenvalue weighted by Gasteiger charge is 2.02. The van der Waals surface area contributed by atoms with Crippen LogP contribution in [0.25, 0.3) is 0 Å². The minimum atomic E-state index is 0.385. The van der Waals surface area contributed by atoms with Crippen LogP contribution in [0.15, 0.2) is 12.7 Å². The maximum absolute atomic E-state index is 7.28.